The molecule has 5 atom stereocenters. The second kappa shape index (κ2) is 6.62. The number of aliphatic hydroxyl groups is 1. The fraction of sp³-hybridized carbons (Fsp3) is 0.688. The van der Waals surface area contributed by atoms with E-state index < -0.39 is 18.0 Å². The largest absolute Gasteiger partial charge is 0.477 e. The average molecular weight is 369 g/mol. The molecule has 3 aliphatic heterocycles. The van der Waals surface area contributed by atoms with Crippen LogP contribution in [0.2, 0.25) is 0 Å². The van der Waals surface area contributed by atoms with Crippen LogP contribution < -0.4 is 5.32 Å². The number of β-lactam (4-membered cyclic amide) rings is 1. The minimum atomic E-state index is -1.12. The summed E-state index contributed by atoms with van der Waals surface area (Å²) >= 11 is 1.44. The fourth-order valence-electron chi connectivity index (χ4n) is 3.83. The topological polar surface area (TPSA) is 110 Å². The number of hydrogen-bond acceptors (Lipinski definition) is 6. The van der Waals surface area contributed by atoms with Crippen LogP contribution in [0.15, 0.2) is 10.6 Å². The number of carboxylic acid groups (broad SMARTS) is 1. The van der Waals surface area contributed by atoms with Gasteiger partial charge in [0.2, 0.25) is 11.8 Å². The first-order valence-corrected chi connectivity index (χ1v) is 9.19. The molecule has 138 valence electrons. The molecule has 0 bridgehead atoms. The van der Waals surface area contributed by atoms with Crippen LogP contribution in [0.4, 0.5) is 0 Å². The molecule has 2 saturated heterocycles. The molecule has 0 radical (unpaired) electrons. The van der Waals surface area contributed by atoms with E-state index in [0.717, 1.165) is 0 Å². The van der Waals surface area contributed by atoms with Gasteiger partial charge in [-0.2, -0.15) is 0 Å². The molecule has 8 nitrogen and oxygen atoms in total. The number of rotatable bonds is 5. The van der Waals surface area contributed by atoms with Crippen molar-refractivity contribution in [2.24, 2.45) is 5.92 Å². The number of carboxylic acids is 1. The highest BCUT2D eigenvalue weighted by Gasteiger charge is 2.57. The Morgan fingerprint density at radius 1 is 1.40 bits per heavy atom. The van der Waals surface area contributed by atoms with Gasteiger partial charge >= 0.3 is 5.97 Å². The van der Waals surface area contributed by atoms with Gasteiger partial charge in [-0.05, 0) is 13.3 Å². The van der Waals surface area contributed by atoms with Crippen LogP contribution in [-0.4, -0.2) is 81.9 Å². The third kappa shape index (κ3) is 3.04. The number of aliphatic carboxylic acids is 1. The second-order valence-electron chi connectivity index (χ2n) is 6.99. The van der Waals surface area contributed by atoms with Crippen molar-refractivity contribution in [1.29, 1.82) is 0 Å². The number of aliphatic hydroxyl groups excluding tert-OH is 1. The normalized spacial score (nSPS) is 32.5. The lowest BCUT2D eigenvalue weighted by Crippen LogP contribution is -2.61. The Labute approximate surface area is 150 Å². The van der Waals surface area contributed by atoms with Crippen molar-refractivity contribution < 1.29 is 24.6 Å². The first-order chi connectivity index (χ1) is 11.7. The molecule has 2 fully saturated rings. The van der Waals surface area contributed by atoms with Gasteiger partial charge in [-0.1, -0.05) is 0 Å². The van der Waals surface area contributed by atoms with E-state index in [0.29, 0.717) is 24.3 Å². The van der Waals surface area contributed by atoms with Crippen LogP contribution in [0.5, 0.6) is 0 Å². The molecule has 0 aromatic heterocycles. The predicted molar refractivity (Wildman–Crippen MR) is 91.6 cm³/mol. The van der Waals surface area contributed by atoms with Crippen molar-refractivity contribution in [1.82, 2.24) is 15.1 Å². The number of amides is 2. The second-order valence-corrected chi connectivity index (χ2v) is 8.39. The van der Waals surface area contributed by atoms with E-state index >= 15 is 0 Å². The molecule has 3 aliphatic rings. The van der Waals surface area contributed by atoms with Gasteiger partial charge in [0.05, 0.1) is 24.1 Å². The number of likely N-dealkylation sites (N-methyl/N-ethyl adjacent to an activating group) is 1. The molecule has 0 aliphatic carbocycles. The van der Waals surface area contributed by atoms with Crippen molar-refractivity contribution in [3.05, 3.63) is 10.6 Å². The highest BCUT2D eigenvalue weighted by Crippen LogP contribution is 2.48. The Hall–Kier alpha value is -1.58. The summed E-state index contributed by atoms with van der Waals surface area (Å²) in [5.41, 5.74) is 0.0410. The summed E-state index contributed by atoms with van der Waals surface area (Å²) < 4.78 is 0. The Bertz CT molecular complexity index is 648. The molecular weight excluding hydrogens is 346 g/mol. The third-order valence-corrected chi connectivity index (χ3v) is 6.37. The van der Waals surface area contributed by atoms with E-state index in [2.05, 4.69) is 5.32 Å². The summed E-state index contributed by atoms with van der Waals surface area (Å²) in [5.74, 6) is -1.96. The number of thioether (sulfide) groups is 1. The van der Waals surface area contributed by atoms with Gasteiger partial charge in [0.25, 0.3) is 0 Å². The van der Waals surface area contributed by atoms with E-state index in [1.54, 1.807) is 25.9 Å². The third-order valence-electron chi connectivity index (χ3n) is 5.03. The summed E-state index contributed by atoms with van der Waals surface area (Å²) in [5, 5.41) is 22.5. The van der Waals surface area contributed by atoms with Gasteiger partial charge < -0.3 is 25.3 Å². The Morgan fingerprint density at radius 3 is 2.64 bits per heavy atom. The number of carbonyl (C=O) groups is 3. The summed E-state index contributed by atoms with van der Waals surface area (Å²) in [4.78, 5) is 39.4. The molecule has 3 heterocycles. The van der Waals surface area contributed by atoms with E-state index in [9.17, 15) is 24.6 Å². The Morgan fingerprint density at radius 2 is 2.08 bits per heavy atom. The minimum Gasteiger partial charge on any atom is -0.477 e. The maximum absolute atomic E-state index is 12.2. The summed E-state index contributed by atoms with van der Waals surface area (Å²) in [7, 11) is 3.42. The van der Waals surface area contributed by atoms with Gasteiger partial charge in [-0.3, -0.25) is 9.59 Å². The van der Waals surface area contributed by atoms with Gasteiger partial charge in [0.1, 0.15) is 5.70 Å². The van der Waals surface area contributed by atoms with Crippen LogP contribution >= 0.6 is 11.8 Å². The fourth-order valence-corrected chi connectivity index (χ4v) is 5.27. The average Bonchev–Trinajstić information content (AvgIpc) is 3.09. The van der Waals surface area contributed by atoms with Crippen molar-refractivity contribution >= 4 is 29.5 Å². The Balaban J connectivity index is 1.71. The van der Waals surface area contributed by atoms with Crippen molar-refractivity contribution in [3.63, 3.8) is 0 Å². The summed E-state index contributed by atoms with van der Waals surface area (Å²) in [6.45, 7) is 2.17. The van der Waals surface area contributed by atoms with Gasteiger partial charge in [-0.25, -0.2) is 4.79 Å². The number of fused-ring (bicyclic) bond motifs is 1. The smallest absolute Gasteiger partial charge is 0.353 e. The molecule has 2 amide bonds. The monoisotopic (exact) mass is 369 g/mol. The molecule has 25 heavy (non-hydrogen) atoms. The van der Waals surface area contributed by atoms with Crippen LogP contribution in [0, 0.1) is 5.92 Å². The molecule has 0 aromatic carbocycles. The lowest BCUT2D eigenvalue weighted by molar-refractivity contribution is -0.161. The van der Waals surface area contributed by atoms with Crippen LogP contribution in [0.25, 0.3) is 0 Å². The van der Waals surface area contributed by atoms with Gasteiger partial charge in [0, 0.05) is 37.2 Å². The van der Waals surface area contributed by atoms with E-state index in [1.807, 2.05) is 0 Å². The SMILES string of the molecule is CC(O)C1C(=O)N2C(C(=O)O)=C(SC3CNC(C(=O)N(C)C)C3)CC12. The van der Waals surface area contributed by atoms with Crippen molar-refractivity contribution in [2.45, 2.75) is 43.2 Å². The predicted octanol–water partition coefficient (Wildman–Crippen LogP) is -0.554. The quantitative estimate of drug-likeness (QED) is 0.558. The summed E-state index contributed by atoms with van der Waals surface area (Å²) in [6.07, 6.45) is 0.288. The highest BCUT2D eigenvalue weighted by atomic mass is 32.2. The van der Waals surface area contributed by atoms with Gasteiger partial charge in [0.15, 0.2) is 0 Å². The number of nitrogens with zero attached hydrogens (tertiary/aromatic N) is 2. The van der Waals surface area contributed by atoms with E-state index in [4.69, 9.17) is 0 Å². The first kappa shape index (κ1) is 18.2. The van der Waals surface area contributed by atoms with Crippen molar-refractivity contribution in [2.75, 3.05) is 20.6 Å². The maximum Gasteiger partial charge on any atom is 0.353 e. The van der Waals surface area contributed by atoms with Crippen LogP contribution in [0.3, 0.4) is 0 Å². The molecular formula is C16H23N3O5S. The molecule has 0 spiro atoms. The zero-order valence-electron chi connectivity index (χ0n) is 14.4. The zero-order valence-corrected chi connectivity index (χ0v) is 15.2. The maximum atomic E-state index is 12.2. The lowest BCUT2D eigenvalue weighted by Gasteiger charge is -2.44. The number of carbonyl (C=O) groups excluding carboxylic acids is 2. The van der Waals surface area contributed by atoms with E-state index in [-0.39, 0.29) is 34.8 Å². The molecule has 9 heteroatoms. The Kier molecular flexibility index (Phi) is 4.82. The molecule has 3 N–H and O–H groups in total. The summed E-state index contributed by atoms with van der Waals surface area (Å²) in [6, 6.07) is -0.527. The molecule has 5 unspecified atom stereocenters. The van der Waals surface area contributed by atoms with Crippen LogP contribution in [-0.2, 0) is 14.4 Å². The number of nitrogens with one attached hydrogen (secondary N) is 1. The van der Waals surface area contributed by atoms with Gasteiger partial charge in [-0.15, -0.1) is 11.8 Å². The van der Waals surface area contributed by atoms with E-state index in [1.165, 1.54) is 16.7 Å². The minimum absolute atomic E-state index is 0.00938. The standard InChI is InChI=1S/C16H23N3O5S/c1-7(20)12-10-5-11(13(16(23)24)19(10)15(12)22)25-8-4-9(17-6-8)14(21)18(2)3/h7-10,12,17,20H,4-6H2,1-3H3,(H,23,24). The first-order valence-electron chi connectivity index (χ1n) is 8.31. The van der Waals surface area contributed by atoms with Crippen molar-refractivity contribution in [3.8, 4) is 0 Å². The zero-order chi connectivity index (χ0) is 18.5. The van der Waals surface area contributed by atoms with Crippen LogP contribution in [0.1, 0.15) is 19.8 Å². The highest BCUT2D eigenvalue weighted by molar-refractivity contribution is 8.03. The molecule has 0 aromatic rings. The molecule has 0 saturated carbocycles. The number of hydrogen-bond donors (Lipinski definition) is 3. The lowest BCUT2D eigenvalue weighted by atomic mass is 9.83. The molecule has 3 rings (SSSR count).